The summed E-state index contributed by atoms with van der Waals surface area (Å²) >= 11 is 0. The summed E-state index contributed by atoms with van der Waals surface area (Å²) in [5.41, 5.74) is 8.21. The highest BCUT2D eigenvalue weighted by Crippen LogP contribution is 2.19. The molecule has 0 bridgehead atoms. The topological polar surface area (TPSA) is 60.9 Å². The number of aromatic nitrogens is 2. The molecule has 4 nitrogen and oxygen atoms in total. The molecule has 0 saturated carbocycles. The molecule has 1 atom stereocenters. The maximum Gasteiger partial charge on any atom is 0.0753 e. The first-order valence-corrected chi connectivity index (χ1v) is 7.58. The van der Waals surface area contributed by atoms with Gasteiger partial charge in [-0.15, -0.1) is 0 Å². The molecule has 1 aromatic carbocycles. The van der Waals surface area contributed by atoms with Gasteiger partial charge in [0.25, 0.3) is 0 Å². The molecule has 0 spiro atoms. The molecule has 2 N–H and O–H groups in total. The number of rotatable bonds is 4. The standard InChI is InChI=1S/C14H19N3OS/c1-10(2)17-7-6-13(16-17)9-19(18)14-5-4-12(15)8-11(14)3/h4-8,10H,9,15H2,1-3H3. The fourth-order valence-corrected chi connectivity index (χ4v) is 3.10. The first-order valence-electron chi connectivity index (χ1n) is 6.26. The minimum absolute atomic E-state index is 0.320. The van der Waals surface area contributed by atoms with Gasteiger partial charge in [-0.3, -0.25) is 8.89 Å². The Bertz CT molecular complexity index is 604. The van der Waals surface area contributed by atoms with Gasteiger partial charge in [-0.2, -0.15) is 5.10 Å². The number of aryl methyl sites for hydroxylation is 1. The van der Waals surface area contributed by atoms with Crippen LogP contribution in [0.3, 0.4) is 0 Å². The third-order valence-electron chi connectivity index (χ3n) is 2.92. The summed E-state index contributed by atoms with van der Waals surface area (Å²) in [6.07, 6.45) is 1.92. The SMILES string of the molecule is Cc1cc(N)ccc1S(=O)Cc1ccn(C(C)C)n1. The van der Waals surface area contributed by atoms with E-state index in [0.717, 1.165) is 16.2 Å². The second-order valence-electron chi connectivity index (χ2n) is 4.90. The molecular formula is C14H19N3OS. The first-order chi connectivity index (χ1) is 8.97. The molecule has 102 valence electrons. The van der Waals surface area contributed by atoms with E-state index in [2.05, 4.69) is 18.9 Å². The van der Waals surface area contributed by atoms with Gasteiger partial charge >= 0.3 is 0 Å². The Morgan fingerprint density at radius 2 is 2.11 bits per heavy atom. The maximum absolute atomic E-state index is 12.3. The molecule has 0 aliphatic heterocycles. The number of nitrogens with zero attached hydrogens (tertiary/aromatic N) is 2. The zero-order valence-corrected chi connectivity index (χ0v) is 12.3. The molecule has 0 radical (unpaired) electrons. The van der Waals surface area contributed by atoms with E-state index in [0.29, 0.717) is 17.5 Å². The van der Waals surface area contributed by atoms with E-state index in [4.69, 9.17) is 5.73 Å². The molecule has 0 fully saturated rings. The van der Waals surface area contributed by atoms with E-state index >= 15 is 0 Å². The van der Waals surface area contributed by atoms with Crippen molar-refractivity contribution in [3.63, 3.8) is 0 Å². The van der Waals surface area contributed by atoms with Gasteiger partial charge in [-0.1, -0.05) is 0 Å². The van der Waals surface area contributed by atoms with Crippen LogP contribution in [0.1, 0.15) is 31.1 Å². The summed E-state index contributed by atoms with van der Waals surface area (Å²) in [7, 11) is -1.09. The molecule has 1 unspecified atom stereocenters. The van der Waals surface area contributed by atoms with E-state index in [1.165, 1.54) is 0 Å². The molecule has 5 heteroatoms. The Balaban J connectivity index is 2.16. The van der Waals surface area contributed by atoms with Crippen molar-refractivity contribution < 1.29 is 4.21 Å². The zero-order chi connectivity index (χ0) is 14.0. The van der Waals surface area contributed by atoms with Crippen molar-refractivity contribution in [3.05, 3.63) is 41.7 Å². The van der Waals surface area contributed by atoms with Crippen LogP contribution in [0, 0.1) is 6.92 Å². The summed E-state index contributed by atoms with van der Waals surface area (Å²) in [5, 5.41) is 4.42. The molecule has 2 aromatic rings. The number of hydrogen-bond donors (Lipinski definition) is 1. The van der Waals surface area contributed by atoms with Gasteiger partial charge in [0.2, 0.25) is 0 Å². The van der Waals surface area contributed by atoms with Crippen LogP contribution in [-0.4, -0.2) is 14.0 Å². The molecule has 19 heavy (non-hydrogen) atoms. The molecule has 1 heterocycles. The minimum Gasteiger partial charge on any atom is -0.399 e. The number of hydrogen-bond acceptors (Lipinski definition) is 3. The largest absolute Gasteiger partial charge is 0.399 e. The number of nitrogens with two attached hydrogens (primary N) is 1. The lowest BCUT2D eigenvalue weighted by atomic mass is 10.2. The molecule has 0 amide bonds. The van der Waals surface area contributed by atoms with Crippen molar-refractivity contribution in [1.29, 1.82) is 0 Å². The molecule has 0 aliphatic rings. The van der Waals surface area contributed by atoms with Crippen molar-refractivity contribution >= 4 is 16.5 Å². The summed E-state index contributed by atoms with van der Waals surface area (Å²) in [4.78, 5) is 0.827. The summed E-state index contributed by atoms with van der Waals surface area (Å²) < 4.78 is 14.2. The Morgan fingerprint density at radius 1 is 1.37 bits per heavy atom. The lowest BCUT2D eigenvalue weighted by molar-refractivity contribution is 0.528. The highest BCUT2D eigenvalue weighted by molar-refractivity contribution is 7.84. The second kappa shape index (κ2) is 5.57. The summed E-state index contributed by atoms with van der Waals surface area (Å²) in [6, 6.07) is 7.71. The van der Waals surface area contributed by atoms with Crippen LogP contribution >= 0.6 is 0 Å². The van der Waals surface area contributed by atoms with E-state index in [-0.39, 0.29) is 0 Å². The Hall–Kier alpha value is -1.62. The van der Waals surface area contributed by atoms with Gasteiger partial charge in [0.05, 0.1) is 22.2 Å². The minimum atomic E-state index is -1.09. The molecule has 2 rings (SSSR count). The lowest BCUT2D eigenvalue weighted by Crippen LogP contribution is -2.04. The molecule has 0 aliphatic carbocycles. The third-order valence-corrected chi connectivity index (χ3v) is 4.42. The highest BCUT2D eigenvalue weighted by atomic mass is 32.2. The lowest BCUT2D eigenvalue weighted by Gasteiger charge is -2.06. The van der Waals surface area contributed by atoms with Gasteiger partial charge in [0.15, 0.2) is 0 Å². The average Bonchev–Trinajstić information content (AvgIpc) is 2.77. The van der Waals surface area contributed by atoms with Crippen molar-refractivity contribution in [1.82, 2.24) is 9.78 Å². The van der Waals surface area contributed by atoms with Crippen LogP contribution in [0.5, 0.6) is 0 Å². The van der Waals surface area contributed by atoms with Crippen LogP contribution in [0.4, 0.5) is 5.69 Å². The van der Waals surface area contributed by atoms with Crippen LogP contribution in [0.2, 0.25) is 0 Å². The molecule has 1 aromatic heterocycles. The van der Waals surface area contributed by atoms with Gasteiger partial charge in [-0.25, -0.2) is 0 Å². The van der Waals surface area contributed by atoms with E-state index < -0.39 is 10.8 Å². The predicted octanol–water partition coefficient (Wildman–Crippen LogP) is 2.66. The van der Waals surface area contributed by atoms with Crippen molar-refractivity contribution in [2.75, 3.05) is 5.73 Å². The van der Waals surface area contributed by atoms with Gasteiger partial charge in [-0.05, 0) is 50.6 Å². The number of nitrogen functional groups attached to an aromatic ring is 1. The fourth-order valence-electron chi connectivity index (χ4n) is 1.88. The normalized spacial score (nSPS) is 12.8. The summed E-state index contributed by atoms with van der Waals surface area (Å²) in [5.74, 6) is 0.435. The zero-order valence-electron chi connectivity index (χ0n) is 11.5. The van der Waals surface area contributed by atoms with Crippen LogP contribution in [0.15, 0.2) is 35.4 Å². The molecule has 0 saturated heterocycles. The Labute approximate surface area is 116 Å². The number of anilines is 1. The maximum atomic E-state index is 12.3. The smallest absolute Gasteiger partial charge is 0.0753 e. The van der Waals surface area contributed by atoms with Crippen LogP contribution in [-0.2, 0) is 16.6 Å². The van der Waals surface area contributed by atoms with Crippen molar-refractivity contribution in [3.8, 4) is 0 Å². The third kappa shape index (κ3) is 3.23. The van der Waals surface area contributed by atoms with Gasteiger partial charge < -0.3 is 5.73 Å². The fraction of sp³-hybridized carbons (Fsp3) is 0.357. The highest BCUT2D eigenvalue weighted by Gasteiger charge is 2.11. The van der Waals surface area contributed by atoms with Crippen LogP contribution in [0.25, 0.3) is 0 Å². The Morgan fingerprint density at radius 3 is 2.68 bits per heavy atom. The summed E-state index contributed by atoms with van der Waals surface area (Å²) in [6.45, 7) is 6.06. The predicted molar refractivity (Wildman–Crippen MR) is 78.3 cm³/mol. The van der Waals surface area contributed by atoms with Gasteiger partial charge in [0, 0.05) is 22.8 Å². The van der Waals surface area contributed by atoms with Crippen molar-refractivity contribution in [2.24, 2.45) is 0 Å². The van der Waals surface area contributed by atoms with E-state index in [9.17, 15) is 4.21 Å². The Kier molecular flexibility index (Phi) is 4.04. The van der Waals surface area contributed by atoms with E-state index in [1.54, 1.807) is 6.07 Å². The monoisotopic (exact) mass is 277 g/mol. The average molecular weight is 277 g/mol. The van der Waals surface area contributed by atoms with Crippen molar-refractivity contribution in [2.45, 2.75) is 37.5 Å². The quantitative estimate of drug-likeness (QED) is 0.874. The van der Waals surface area contributed by atoms with E-state index in [1.807, 2.05) is 36.0 Å². The van der Waals surface area contributed by atoms with Crippen LogP contribution < -0.4 is 5.73 Å². The first kappa shape index (κ1) is 13.8. The number of benzene rings is 1. The van der Waals surface area contributed by atoms with Gasteiger partial charge in [0.1, 0.15) is 0 Å². The second-order valence-corrected chi connectivity index (χ2v) is 6.32. The molecular weight excluding hydrogens is 258 g/mol.